The number of carbonyl (C=O) groups is 1. The molecule has 0 saturated heterocycles. The Morgan fingerprint density at radius 2 is 0.957 bits per heavy atom. The zero-order valence-electron chi connectivity index (χ0n) is 16.2. The molecule has 0 atom stereocenters. The minimum atomic E-state index is -0.664. The number of carboxylic acid groups (broad SMARTS) is 1. The highest BCUT2D eigenvalue weighted by molar-refractivity contribution is 5.73. The molecule has 0 radical (unpaired) electrons. The van der Waals surface area contributed by atoms with E-state index in [9.17, 15) is 4.79 Å². The molecule has 2 heteroatoms. The van der Waals surface area contributed by atoms with E-state index in [0.717, 1.165) is 12.8 Å². The van der Waals surface area contributed by atoms with E-state index >= 15 is 0 Å². The van der Waals surface area contributed by atoms with Gasteiger partial charge in [-0.2, -0.15) is 0 Å². The van der Waals surface area contributed by atoms with Gasteiger partial charge >= 0.3 is 5.97 Å². The third kappa shape index (κ3) is 14.8. The van der Waals surface area contributed by atoms with E-state index in [1.54, 1.807) is 0 Å². The Morgan fingerprint density at radius 3 is 1.26 bits per heavy atom. The standard InChI is InChI=1S/C21H42O2/c1-4-5-6-7-8-9-10-11-12-13-14-15-16-17-18-19-21(2,3)20(22)23/h4-19H2,1-3H3,(H,22,23). The molecule has 0 rings (SSSR count). The third-order valence-corrected chi connectivity index (χ3v) is 4.98. The number of aliphatic carboxylic acids is 1. The number of hydrogen-bond acceptors (Lipinski definition) is 1. The predicted octanol–water partition coefficient (Wildman–Crippen LogP) is 7.36. The molecule has 0 amide bonds. The highest BCUT2D eigenvalue weighted by Gasteiger charge is 2.25. The van der Waals surface area contributed by atoms with Gasteiger partial charge < -0.3 is 5.11 Å². The summed E-state index contributed by atoms with van der Waals surface area (Å²) in [5.74, 6) is -0.664. The van der Waals surface area contributed by atoms with Crippen LogP contribution < -0.4 is 0 Å². The molecule has 138 valence electrons. The second kappa shape index (κ2) is 15.0. The Hall–Kier alpha value is -0.530. The fraction of sp³-hybridized carbons (Fsp3) is 0.952. The van der Waals surface area contributed by atoms with E-state index < -0.39 is 11.4 Å². The largest absolute Gasteiger partial charge is 0.481 e. The van der Waals surface area contributed by atoms with Crippen molar-refractivity contribution in [2.45, 2.75) is 124 Å². The maximum atomic E-state index is 11.0. The first-order chi connectivity index (χ1) is 11.0. The summed E-state index contributed by atoms with van der Waals surface area (Å²) in [7, 11) is 0. The van der Waals surface area contributed by atoms with Gasteiger partial charge in [0.25, 0.3) is 0 Å². The van der Waals surface area contributed by atoms with Gasteiger partial charge in [-0.15, -0.1) is 0 Å². The molecule has 0 unspecified atom stereocenters. The van der Waals surface area contributed by atoms with Crippen LogP contribution in [-0.4, -0.2) is 11.1 Å². The molecule has 0 aliphatic rings. The highest BCUT2D eigenvalue weighted by Crippen LogP contribution is 2.24. The fourth-order valence-corrected chi connectivity index (χ4v) is 3.05. The summed E-state index contributed by atoms with van der Waals surface area (Å²) in [6, 6.07) is 0. The van der Waals surface area contributed by atoms with Crippen LogP contribution in [0.15, 0.2) is 0 Å². The number of carboxylic acids is 1. The minimum Gasteiger partial charge on any atom is -0.481 e. The van der Waals surface area contributed by atoms with Crippen molar-refractivity contribution < 1.29 is 9.90 Å². The van der Waals surface area contributed by atoms with E-state index in [4.69, 9.17) is 5.11 Å². The molecule has 2 nitrogen and oxygen atoms in total. The maximum absolute atomic E-state index is 11.0. The summed E-state index contributed by atoms with van der Waals surface area (Å²) in [5, 5.41) is 9.06. The summed E-state index contributed by atoms with van der Waals surface area (Å²) in [4.78, 5) is 11.0. The van der Waals surface area contributed by atoms with Crippen LogP contribution in [0.25, 0.3) is 0 Å². The van der Waals surface area contributed by atoms with Gasteiger partial charge in [-0.05, 0) is 20.3 Å². The Bertz CT molecular complexity index is 271. The maximum Gasteiger partial charge on any atom is 0.309 e. The number of hydrogen-bond donors (Lipinski definition) is 1. The van der Waals surface area contributed by atoms with Crippen molar-refractivity contribution in [3.05, 3.63) is 0 Å². The zero-order chi connectivity index (χ0) is 17.4. The lowest BCUT2D eigenvalue weighted by molar-refractivity contribution is -0.147. The normalized spacial score (nSPS) is 11.8. The van der Waals surface area contributed by atoms with E-state index in [1.807, 2.05) is 13.8 Å². The monoisotopic (exact) mass is 326 g/mol. The topological polar surface area (TPSA) is 37.3 Å². The molecule has 0 saturated carbocycles. The van der Waals surface area contributed by atoms with E-state index in [2.05, 4.69) is 6.92 Å². The quantitative estimate of drug-likeness (QED) is 0.283. The molecule has 0 aromatic heterocycles. The first-order valence-electron chi connectivity index (χ1n) is 10.2. The van der Waals surface area contributed by atoms with E-state index in [0.29, 0.717) is 0 Å². The van der Waals surface area contributed by atoms with Crippen molar-refractivity contribution in [3.8, 4) is 0 Å². The Balaban J connectivity index is 3.15. The smallest absolute Gasteiger partial charge is 0.309 e. The van der Waals surface area contributed by atoms with Crippen LogP contribution >= 0.6 is 0 Å². The molecule has 0 aromatic carbocycles. The second-order valence-corrected chi connectivity index (χ2v) is 7.89. The lowest BCUT2D eigenvalue weighted by Gasteiger charge is -2.18. The van der Waals surface area contributed by atoms with Crippen molar-refractivity contribution in [3.63, 3.8) is 0 Å². The lowest BCUT2D eigenvalue weighted by Crippen LogP contribution is -2.23. The van der Waals surface area contributed by atoms with Crippen molar-refractivity contribution in [2.24, 2.45) is 5.41 Å². The van der Waals surface area contributed by atoms with Crippen LogP contribution in [0.1, 0.15) is 124 Å². The van der Waals surface area contributed by atoms with E-state index in [-0.39, 0.29) is 0 Å². The van der Waals surface area contributed by atoms with Crippen LogP contribution in [-0.2, 0) is 4.79 Å². The third-order valence-electron chi connectivity index (χ3n) is 4.98. The van der Waals surface area contributed by atoms with Gasteiger partial charge in [0.1, 0.15) is 0 Å². The van der Waals surface area contributed by atoms with Gasteiger partial charge in [0, 0.05) is 0 Å². The highest BCUT2D eigenvalue weighted by atomic mass is 16.4. The molecule has 23 heavy (non-hydrogen) atoms. The second-order valence-electron chi connectivity index (χ2n) is 7.89. The average molecular weight is 327 g/mol. The fourth-order valence-electron chi connectivity index (χ4n) is 3.05. The molecule has 0 spiro atoms. The molecule has 0 bridgehead atoms. The summed E-state index contributed by atoms with van der Waals surface area (Å²) < 4.78 is 0. The van der Waals surface area contributed by atoms with Gasteiger partial charge in [-0.25, -0.2) is 0 Å². The van der Waals surface area contributed by atoms with Crippen LogP contribution in [0.5, 0.6) is 0 Å². The zero-order valence-corrected chi connectivity index (χ0v) is 16.2. The molecule has 1 N–H and O–H groups in total. The van der Waals surface area contributed by atoms with Crippen LogP contribution in [0.2, 0.25) is 0 Å². The van der Waals surface area contributed by atoms with Crippen molar-refractivity contribution >= 4 is 5.97 Å². The Kier molecular flexibility index (Phi) is 14.7. The SMILES string of the molecule is CCCCCCCCCCCCCCCCCC(C)(C)C(=O)O. The van der Waals surface area contributed by atoms with Crippen LogP contribution in [0, 0.1) is 5.41 Å². The van der Waals surface area contributed by atoms with Gasteiger partial charge in [-0.1, -0.05) is 103 Å². The molecule has 0 heterocycles. The van der Waals surface area contributed by atoms with Crippen molar-refractivity contribution in [1.82, 2.24) is 0 Å². The summed E-state index contributed by atoms with van der Waals surface area (Å²) in [6.45, 7) is 5.94. The first-order valence-corrected chi connectivity index (χ1v) is 10.2. The van der Waals surface area contributed by atoms with Gasteiger partial charge in [0.2, 0.25) is 0 Å². The number of unbranched alkanes of at least 4 members (excludes halogenated alkanes) is 14. The molecule has 0 aliphatic heterocycles. The molecular formula is C21H42O2. The molecular weight excluding hydrogens is 284 g/mol. The van der Waals surface area contributed by atoms with Gasteiger partial charge in [0.15, 0.2) is 0 Å². The van der Waals surface area contributed by atoms with Crippen molar-refractivity contribution in [1.29, 1.82) is 0 Å². The molecule has 0 aliphatic carbocycles. The summed E-state index contributed by atoms with van der Waals surface area (Å²) >= 11 is 0. The summed E-state index contributed by atoms with van der Waals surface area (Å²) in [5.41, 5.74) is -0.545. The van der Waals surface area contributed by atoms with Gasteiger partial charge in [-0.3, -0.25) is 4.79 Å². The lowest BCUT2D eigenvalue weighted by atomic mass is 9.87. The minimum absolute atomic E-state index is 0.545. The summed E-state index contributed by atoms with van der Waals surface area (Å²) in [6.07, 6.45) is 21.1. The van der Waals surface area contributed by atoms with Gasteiger partial charge in [0.05, 0.1) is 5.41 Å². The molecule has 0 aromatic rings. The Labute approximate surface area is 145 Å². The average Bonchev–Trinajstić information content (AvgIpc) is 2.51. The van der Waals surface area contributed by atoms with Crippen LogP contribution in [0.3, 0.4) is 0 Å². The predicted molar refractivity (Wildman–Crippen MR) is 101 cm³/mol. The van der Waals surface area contributed by atoms with Crippen molar-refractivity contribution in [2.75, 3.05) is 0 Å². The molecule has 0 fully saturated rings. The van der Waals surface area contributed by atoms with Crippen LogP contribution in [0.4, 0.5) is 0 Å². The first kappa shape index (κ1) is 22.5. The Morgan fingerprint density at radius 1 is 0.652 bits per heavy atom. The number of rotatable bonds is 17. The van der Waals surface area contributed by atoms with E-state index in [1.165, 1.54) is 89.9 Å².